The number of rotatable bonds is 8. The smallest absolute Gasteiger partial charge is 0.255 e. The van der Waals surface area contributed by atoms with Crippen LogP contribution in [0.3, 0.4) is 0 Å². The Morgan fingerprint density at radius 1 is 0.939 bits per heavy atom. The van der Waals surface area contributed by atoms with Gasteiger partial charge < -0.3 is 35.6 Å². The second kappa shape index (κ2) is 20.8. The van der Waals surface area contributed by atoms with Crippen LogP contribution in [-0.4, -0.2) is 93.0 Å². The minimum atomic E-state index is -1.04. The van der Waals surface area contributed by atoms with Crippen molar-refractivity contribution < 1.29 is 33.4 Å². The monoisotopic (exact) mass is 679 g/mol. The highest BCUT2D eigenvalue weighted by molar-refractivity contribution is 6.00. The number of methoxy groups -OCH3 is 1. The summed E-state index contributed by atoms with van der Waals surface area (Å²) in [5, 5.41) is 11.3. The van der Waals surface area contributed by atoms with Gasteiger partial charge >= 0.3 is 0 Å². The van der Waals surface area contributed by atoms with E-state index in [0.29, 0.717) is 31.7 Å². The van der Waals surface area contributed by atoms with E-state index in [4.69, 9.17) is 9.47 Å². The predicted octanol–water partition coefficient (Wildman–Crippen LogP) is 3.00. The molecule has 1 aliphatic rings. The fraction of sp³-hybridized carbons (Fsp3) is 0.541. The Morgan fingerprint density at radius 3 is 2.39 bits per heavy atom. The number of hydrogen-bond donors (Lipinski definition) is 4. The first-order valence-electron chi connectivity index (χ1n) is 17.3. The quantitative estimate of drug-likeness (QED) is 0.313. The molecule has 49 heavy (non-hydrogen) atoms. The number of hydrogen-bond acceptors (Lipinski definition) is 7. The van der Waals surface area contributed by atoms with Gasteiger partial charge in [0.15, 0.2) is 0 Å². The van der Waals surface area contributed by atoms with Gasteiger partial charge in [-0.05, 0) is 49.3 Å². The first kappa shape index (κ1) is 39.0. The zero-order valence-electron chi connectivity index (χ0n) is 29.3. The van der Waals surface area contributed by atoms with Crippen molar-refractivity contribution in [2.45, 2.75) is 83.3 Å². The Labute approximate surface area is 290 Å². The van der Waals surface area contributed by atoms with E-state index >= 15 is 0 Å². The van der Waals surface area contributed by atoms with Gasteiger partial charge in [-0.1, -0.05) is 69.2 Å². The van der Waals surface area contributed by atoms with Crippen LogP contribution in [0.2, 0.25) is 0 Å². The Morgan fingerprint density at radius 2 is 1.65 bits per heavy atom. The molecule has 1 aliphatic heterocycles. The van der Waals surface area contributed by atoms with Gasteiger partial charge in [0.25, 0.3) is 5.91 Å². The highest BCUT2D eigenvalue weighted by Gasteiger charge is 2.30. The molecule has 0 aromatic heterocycles. The molecule has 12 heteroatoms. The molecule has 0 bridgehead atoms. The summed E-state index contributed by atoms with van der Waals surface area (Å²) in [7, 11) is 3.26. The average molecular weight is 680 g/mol. The van der Waals surface area contributed by atoms with Crippen LogP contribution < -0.4 is 26.0 Å². The molecule has 2 aromatic carbocycles. The van der Waals surface area contributed by atoms with Crippen LogP contribution >= 0.6 is 0 Å². The van der Waals surface area contributed by atoms with Gasteiger partial charge in [0, 0.05) is 40.1 Å². The third kappa shape index (κ3) is 13.5. The Hall–Kier alpha value is -4.45. The summed E-state index contributed by atoms with van der Waals surface area (Å²) in [5.41, 5.74) is 1.18. The minimum Gasteiger partial charge on any atom is -0.493 e. The van der Waals surface area contributed by atoms with Gasteiger partial charge in [0.05, 0.1) is 18.8 Å². The van der Waals surface area contributed by atoms with Crippen LogP contribution in [0.15, 0.2) is 54.6 Å². The van der Waals surface area contributed by atoms with Gasteiger partial charge in [-0.15, -0.1) is 0 Å². The van der Waals surface area contributed by atoms with Crippen LogP contribution in [0, 0.1) is 5.92 Å². The number of benzene rings is 2. The number of amides is 5. The fourth-order valence-corrected chi connectivity index (χ4v) is 5.61. The third-order valence-electron chi connectivity index (χ3n) is 8.30. The van der Waals surface area contributed by atoms with Crippen molar-refractivity contribution in [1.82, 2.24) is 26.2 Å². The molecule has 0 aliphatic carbocycles. The molecule has 268 valence electrons. The maximum Gasteiger partial charge on any atom is 0.255 e. The summed E-state index contributed by atoms with van der Waals surface area (Å²) in [6.45, 7) is 5.30. The molecule has 0 saturated carbocycles. The zero-order chi connectivity index (χ0) is 35.6. The molecule has 0 fully saturated rings. The topological polar surface area (TPSA) is 155 Å². The van der Waals surface area contributed by atoms with Gasteiger partial charge in [-0.25, -0.2) is 0 Å². The number of fused-ring (bicyclic) bond motifs is 1. The maximum absolute atomic E-state index is 13.7. The van der Waals surface area contributed by atoms with E-state index in [-0.39, 0.29) is 43.4 Å². The number of carbonyl (C=O) groups excluding carboxylic acids is 5. The minimum absolute atomic E-state index is 0.0185. The zero-order valence-corrected chi connectivity index (χ0v) is 29.3. The number of nitrogens with one attached hydrogen (secondary N) is 4. The molecule has 1 heterocycles. The summed E-state index contributed by atoms with van der Waals surface area (Å²) in [4.78, 5) is 69.0. The molecule has 3 atom stereocenters. The van der Waals surface area contributed by atoms with E-state index < -0.39 is 41.8 Å². The standard InChI is InChI=1S/C37H53N5O7/c1-26(2)24-30-36(46)41-31(25-27-14-8-7-9-15-27)37(47)42(3)21-12-5-6-13-22-49-32-17-11-10-16-28(32)34(44)40-29(18-19-33(43)39-30)35(45)38-20-23-48-4/h7-11,14-17,26,29-31H,5-6,12-13,18-25H2,1-4H3,(H,38,45)(H,39,43)(H,40,44)(H,41,46)/t29-,30-,31-/m0/s1. The molecule has 0 radical (unpaired) electrons. The molecular formula is C37H53N5O7. The van der Waals surface area contributed by atoms with Gasteiger partial charge in [0.2, 0.25) is 23.6 Å². The molecule has 5 amide bonds. The lowest BCUT2D eigenvalue weighted by atomic mass is 10.0. The number of carbonyl (C=O) groups is 5. The first-order valence-corrected chi connectivity index (χ1v) is 17.3. The predicted molar refractivity (Wildman–Crippen MR) is 187 cm³/mol. The van der Waals surface area contributed by atoms with E-state index in [1.54, 1.807) is 36.2 Å². The van der Waals surface area contributed by atoms with Crippen molar-refractivity contribution in [2.75, 3.05) is 40.5 Å². The molecular weight excluding hydrogens is 626 g/mol. The Kier molecular flexibility index (Phi) is 16.6. The van der Waals surface area contributed by atoms with E-state index in [1.165, 1.54) is 7.11 Å². The van der Waals surface area contributed by atoms with Gasteiger partial charge in [0.1, 0.15) is 23.9 Å². The van der Waals surface area contributed by atoms with Crippen LogP contribution in [-0.2, 0) is 30.3 Å². The molecule has 0 saturated heterocycles. The lowest BCUT2D eigenvalue weighted by Crippen LogP contribution is -2.55. The number of ether oxygens (including phenoxy) is 2. The van der Waals surface area contributed by atoms with Crippen LogP contribution in [0.25, 0.3) is 0 Å². The van der Waals surface area contributed by atoms with Gasteiger partial charge in [-0.3, -0.25) is 24.0 Å². The molecule has 0 spiro atoms. The van der Waals surface area contributed by atoms with Gasteiger partial charge in [-0.2, -0.15) is 0 Å². The number of nitrogens with zero attached hydrogens (tertiary/aromatic N) is 1. The number of para-hydroxylation sites is 1. The second-order valence-electron chi connectivity index (χ2n) is 12.9. The van der Waals surface area contributed by atoms with E-state index in [1.807, 2.05) is 44.2 Å². The maximum atomic E-state index is 13.7. The fourth-order valence-electron chi connectivity index (χ4n) is 5.61. The lowest BCUT2D eigenvalue weighted by molar-refractivity contribution is -0.136. The molecule has 12 nitrogen and oxygen atoms in total. The third-order valence-corrected chi connectivity index (χ3v) is 8.30. The van der Waals surface area contributed by atoms with E-state index in [0.717, 1.165) is 31.2 Å². The van der Waals surface area contributed by atoms with Crippen molar-refractivity contribution in [3.63, 3.8) is 0 Å². The largest absolute Gasteiger partial charge is 0.493 e. The summed E-state index contributed by atoms with van der Waals surface area (Å²) in [6, 6.07) is 13.6. The van der Waals surface area contributed by atoms with Crippen molar-refractivity contribution in [3.8, 4) is 5.75 Å². The number of likely N-dealkylation sites (N-methyl/N-ethyl adjacent to an activating group) is 1. The SMILES string of the molecule is COCCNC(=O)[C@@H]1CCC(=O)N[C@@H](CC(C)C)C(=O)N[C@@H](Cc2ccccc2)C(=O)N(C)CCCCCCOc2ccccc2C(=O)N1. The first-order chi connectivity index (χ1) is 23.6. The lowest BCUT2D eigenvalue weighted by Gasteiger charge is -2.28. The van der Waals surface area contributed by atoms with Crippen LogP contribution in [0.5, 0.6) is 5.75 Å². The molecule has 0 unspecified atom stereocenters. The highest BCUT2D eigenvalue weighted by atomic mass is 16.5. The summed E-state index contributed by atoms with van der Waals surface area (Å²) >= 11 is 0. The average Bonchev–Trinajstić information content (AvgIpc) is 3.08. The van der Waals surface area contributed by atoms with E-state index in [2.05, 4.69) is 21.3 Å². The normalized spacial score (nSPS) is 20.8. The van der Waals surface area contributed by atoms with Crippen LogP contribution in [0.1, 0.15) is 74.7 Å². The second-order valence-corrected chi connectivity index (χ2v) is 12.9. The molecule has 4 N–H and O–H groups in total. The van der Waals surface area contributed by atoms with Crippen molar-refractivity contribution >= 4 is 29.5 Å². The molecule has 2 aromatic rings. The summed E-state index contributed by atoms with van der Waals surface area (Å²) < 4.78 is 11.0. The van der Waals surface area contributed by atoms with Crippen molar-refractivity contribution in [1.29, 1.82) is 0 Å². The summed E-state index contributed by atoms with van der Waals surface area (Å²) in [6.07, 6.45) is 3.73. The Bertz CT molecular complexity index is 1370. The van der Waals surface area contributed by atoms with Crippen molar-refractivity contribution in [2.24, 2.45) is 5.92 Å². The Balaban J connectivity index is 1.87. The van der Waals surface area contributed by atoms with Crippen molar-refractivity contribution in [3.05, 3.63) is 65.7 Å². The summed E-state index contributed by atoms with van der Waals surface area (Å²) in [5.74, 6) is -1.62. The molecule has 3 rings (SSSR count). The van der Waals surface area contributed by atoms with E-state index in [9.17, 15) is 24.0 Å². The highest BCUT2D eigenvalue weighted by Crippen LogP contribution is 2.19. The van der Waals surface area contributed by atoms with Crippen LogP contribution in [0.4, 0.5) is 0 Å².